The molecule has 0 bridgehead atoms. The molecule has 0 aliphatic heterocycles. The highest BCUT2D eigenvalue weighted by Gasteiger charge is 2.14. The lowest BCUT2D eigenvalue weighted by atomic mass is 10.0. The van der Waals surface area contributed by atoms with E-state index in [9.17, 15) is 9.90 Å². The molecule has 1 heterocycles. The highest BCUT2D eigenvalue weighted by atomic mass is 16.5. The normalized spacial score (nSPS) is 10.6. The van der Waals surface area contributed by atoms with E-state index in [4.69, 9.17) is 13.9 Å². The van der Waals surface area contributed by atoms with E-state index in [-0.39, 0.29) is 22.1 Å². The smallest absolute Gasteiger partial charge is 0.204 e. The molecule has 0 aliphatic carbocycles. The predicted molar refractivity (Wildman–Crippen MR) is 101 cm³/mol. The fourth-order valence-corrected chi connectivity index (χ4v) is 2.56. The lowest BCUT2D eigenvalue weighted by Crippen LogP contribution is -2.05. The number of phenols is 1. The van der Waals surface area contributed by atoms with Crippen LogP contribution in [0.5, 0.6) is 17.2 Å². The van der Waals surface area contributed by atoms with Gasteiger partial charge in [0.05, 0.1) is 12.7 Å². The summed E-state index contributed by atoms with van der Waals surface area (Å²) in [5.41, 5.74) is 2.22. The molecule has 0 fully saturated rings. The lowest BCUT2D eigenvalue weighted by molar-refractivity contribution is 0.362. The van der Waals surface area contributed by atoms with Gasteiger partial charge in [-0.05, 0) is 37.6 Å². The minimum Gasteiger partial charge on any atom is -0.507 e. The first-order chi connectivity index (χ1) is 12.5. The van der Waals surface area contributed by atoms with Gasteiger partial charge < -0.3 is 19.0 Å². The first-order valence-corrected chi connectivity index (χ1v) is 8.18. The maximum Gasteiger partial charge on any atom is 0.204 e. The van der Waals surface area contributed by atoms with Crippen LogP contribution in [0.3, 0.4) is 0 Å². The van der Waals surface area contributed by atoms with Crippen LogP contribution in [0.1, 0.15) is 13.8 Å². The summed E-state index contributed by atoms with van der Waals surface area (Å²) < 4.78 is 16.2. The largest absolute Gasteiger partial charge is 0.507 e. The van der Waals surface area contributed by atoms with Gasteiger partial charge in [-0.25, -0.2) is 0 Å². The van der Waals surface area contributed by atoms with E-state index in [1.165, 1.54) is 25.0 Å². The fourth-order valence-electron chi connectivity index (χ4n) is 2.56. The summed E-state index contributed by atoms with van der Waals surface area (Å²) in [4.78, 5) is 12.8. The van der Waals surface area contributed by atoms with Gasteiger partial charge in [-0.3, -0.25) is 4.79 Å². The van der Waals surface area contributed by atoms with E-state index in [0.29, 0.717) is 29.2 Å². The molecule has 26 heavy (non-hydrogen) atoms. The van der Waals surface area contributed by atoms with Crippen LogP contribution in [0.15, 0.2) is 63.5 Å². The molecule has 5 heteroatoms. The zero-order valence-electron chi connectivity index (χ0n) is 14.9. The van der Waals surface area contributed by atoms with Crippen molar-refractivity contribution in [2.24, 2.45) is 0 Å². The third-order valence-corrected chi connectivity index (χ3v) is 3.97. The van der Waals surface area contributed by atoms with Crippen LogP contribution in [0.25, 0.3) is 22.1 Å². The van der Waals surface area contributed by atoms with E-state index >= 15 is 0 Å². The second kappa shape index (κ2) is 7.35. The molecule has 0 spiro atoms. The minimum atomic E-state index is -0.301. The van der Waals surface area contributed by atoms with Crippen LogP contribution >= 0.6 is 0 Å². The van der Waals surface area contributed by atoms with Crippen LogP contribution in [0.2, 0.25) is 0 Å². The number of methoxy groups -OCH3 is 1. The number of rotatable bonds is 5. The Bertz CT molecular complexity index is 1010. The average Bonchev–Trinajstić information content (AvgIpc) is 2.62. The van der Waals surface area contributed by atoms with Crippen molar-refractivity contribution >= 4 is 11.0 Å². The van der Waals surface area contributed by atoms with Crippen molar-refractivity contribution in [3.63, 3.8) is 0 Å². The molecule has 0 radical (unpaired) electrons. The molecule has 0 saturated carbocycles. The van der Waals surface area contributed by atoms with Crippen molar-refractivity contribution in [3.05, 3.63) is 64.5 Å². The first kappa shape index (κ1) is 17.6. The number of phenolic OH excluding ortho intramolecular Hbond substituents is 1. The van der Waals surface area contributed by atoms with Gasteiger partial charge in [0.2, 0.25) is 5.43 Å². The molecular formula is C21H20O5. The Balaban J connectivity index is 1.95. The molecule has 0 amide bonds. The fraction of sp³-hybridized carbons (Fsp3) is 0.190. The number of aromatic hydroxyl groups is 1. The van der Waals surface area contributed by atoms with Gasteiger partial charge in [0.15, 0.2) is 0 Å². The molecule has 3 aromatic rings. The van der Waals surface area contributed by atoms with Gasteiger partial charge in [-0.1, -0.05) is 17.7 Å². The molecule has 0 atom stereocenters. The van der Waals surface area contributed by atoms with Gasteiger partial charge in [0.1, 0.15) is 41.1 Å². The minimum absolute atomic E-state index is 0.132. The van der Waals surface area contributed by atoms with Gasteiger partial charge >= 0.3 is 0 Å². The van der Waals surface area contributed by atoms with Crippen molar-refractivity contribution in [1.29, 1.82) is 0 Å². The number of fused-ring (bicyclic) bond motifs is 1. The Labute approximate surface area is 151 Å². The highest BCUT2D eigenvalue weighted by Crippen LogP contribution is 2.30. The number of benzene rings is 2. The summed E-state index contributed by atoms with van der Waals surface area (Å²) in [5, 5.41) is 10.3. The van der Waals surface area contributed by atoms with Gasteiger partial charge in [-0.2, -0.15) is 0 Å². The maximum absolute atomic E-state index is 12.8. The summed E-state index contributed by atoms with van der Waals surface area (Å²) in [6, 6.07) is 10.1. The predicted octanol–water partition coefficient (Wildman–Crippen LogP) is 4.52. The Morgan fingerprint density at radius 2 is 1.88 bits per heavy atom. The zero-order valence-corrected chi connectivity index (χ0v) is 14.9. The summed E-state index contributed by atoms with van der Waals surface area (Å²) >= 11 is 0. The van der Waals surface area contributed by atoms with Crippen LogP contribution in [0, 0.1) is 0 Å². The van der Waals surface area contributed by atoms with E-state index in [1.807, 2.05) is 19.9 Å². The molecule has 1 N–H and O–H groups in total. The number of allylic oxidation sites excluding steroid dienone is 1. The lowest BCUT2D eigenvalue weighted by Gasteiger charge is -2.08. The van der Waals surface area contributed by atoms with Gasteiger partial charge in [0, 0.05) is 12.1 Å². The monoisotopic (exact) mass is 352 g/mol. The third kappa shape index (κ3) is 3.57. The van der Waals surface area contributed by atoms with Crippen LogP contribution in [-0.2, 0) is 0 Å². The SMILES string of the molecule is COc1cc(O)c2c(=O)c(-c3ccc(OCC=C(C)C)cc3)coc2c1. The molecule has 0 saturated heterocycles. The molecule has 2 aromatic carbocycles. The quantitative estimate of drug-likeness (QED) is 0.684. The Kier molecular flexibility index (Phi) is 4.98. The molecule has 3 rings (SSSR count). The zero-order chi connectivity index (χ0) is 18.7. The van der Waals surface area contributed by atoms with Crippen LogP contribution < -0.4 is 14.9 Å². The van der Waals surface area contributed by atoms with E-state index in [0.717, 1.165) is 0 Å². The Morgan fingerprint density at radius 1 is 1.15 bits per heavy atom. The number of hydrogen-bond acceptors (Lipinski definition) is 5. The van der Waals surface area contributed by atoms with E-state index in [2.05, 4.69) is 0 Å². The van der Waals surface area contributed by atoms with Crippen LogP contribution in [-0.4, -0.2) is 18.8 Å². The number of hydrogen-bond donors (Lipinski definition) is 1. The molecule has 0 unspecified atom stereocenters. The van der Waals surface area contributed by atoms with Gasteiger partial charge in [0.25, 0.3) is 0 Å². The summed E-state index contributed by atoms with van der Waals surface area (Å²) in [6.45, 7) is 4.52. The first-order valence-electron chi connectivity index (χ1n) is 8.18. The van der Waals surface area contributed by atoms with E-state index in [1.54, 1.807) is 30.3 Å². The second-order valence-electron chi connectivity index (χ2n) is 6.12. The van der Waals surface area contributed by atoms with Crippen molar-refractivity contribution in [2.45, 2.75) is 13.8 Å². The molecular weight excluding hydrogens is 332 g/mol. The third-order valence-electron chi connectivity index (χ3n) is 3.97. The van der Waals surface area contributed by atoms with Crippen molar-refractivity contribution in [2.75, 3.05) is 13.7 Å². The van der Waals surface area contributed by atoms with Crippen molar-refractivity contribution < 1.29 is 19.0 Å². The topological polar surface area (TPSA) is 68.9 Å². The highest BCUT2D eigenvalue weighted by molar-refractivity contribution is 5.88. The van der Waals surface area contributed by atoms with Crippen molar-refractivity contribution in [1.82, 2.24) is 0 Å². The molecule has 1 aromatic heterocycles. The summed E-state index contributed by atoms with van der Waals surface area (Å²) in [7, 11) is 1.48. The average molecular weight is 352 g/mol. The summed E-state index contributed by atoms with van der Waals surface area (Å²) in [6.07, 6.45) is 3.38. The van der Waals surface area contributed by atoms with Crippen molar-refractivity contribution in [3.8, 4) is 28.4 Å². The number of ether oxygens (including phenoxy) is 2. The standard InChI is InChI=1S/C21H20O5/c1-13(2)8-9-25-15-6-4-14(5-7-15)17-12-26-19-11-16(24-3)10-18(22)20(19)21(17)23/h4-8,10-12,22H,9H2,1-3H3. The Morgan fingerprint density at radius 3 is 2.54 bits per heavy atom. The molecule has 0 aliphatic rings. The summed E-state index contributed by atoms with van der Waals surface area (Å²) in [5.74, 6) is 0.962. The Hall–Kier alpha value is -3.21. The molecule has 5 nitrogen and oxygen atoms in total. The van der Waals surface area contributed by atoms with E-state index < -0.39 is 0 Å². The molecule has 134 valence electrons. The van der Waals surface area contributed by atoms with Crippen LogP contribution in [0.4, 0.5) is 0 Å². The maximum atomic E-state index is 12.8. The van der Waals surface area contributed by atoms with Gasteiger partial charge in [-0.15, -0.1) is 0 Å². The second-order valence-corrected chi connectivity index (χ2v) is 6.12.